The fourth-order valence-corrected chi connectivity index (χ4v) is 1.30. The molecule has 0 rings (SSSR count). The number of carbonyl (C=O) groups is 1. The third kappa shape index (κ3) is 5.15. The van der Waals surface area contributed by atoms with Crippen LogP contribution in [0.2, 0.25) is 0 Å². The molecule has 0 fully saturated rings. The summed E-state index contributed by atoms with van der Waals surface area (Å²) in [6, 6.07) is -0.563. The van der Waals surface area contributed by atoms with Crippen LogP contribution in [-0.4, -0.2) is 39.7 Å². The van der Waals surface area contributed by atoms with Crippen LogP contribution in [0, 0.1) is 0 Å². The average Bonchev–Trinajstić information content (AvgIpc) is 2.16. The van der Waals surface area contributed by atoms with Crippen molar-refractivity contribution in [2.24, 2.45) is 5.73 Å². The summed E-state index contributed by atoms with van der Waals surface area (Å²) in [7, 11) is -1.92. The second-order valence-electron chi connectivity index (χ2n) is 2.83. The predicted molar refractivity (Wildman–Crippen MR) is 54.1 cm³/mol. The first-order valence-electron chi connectivity index (χ1n) is 4.37. The molecule has 1 atom stereocenters. The van der Waals surface area contributed by atoms with E-state index < -0.39 is 16.1 Å². The maximum Gasteiger partial charge on any atom is 0.236 e. The van der Waals surface area contributed by atoms with Crippen LogP contribution in [0.1, 0.15) is 13.3 Å². The lowest BCUT2D eigenvalue weighted by atomic mass is 10.2. The molecule has 0 aromatic carbocycles. The molecule has 4 N–H and O–H groups in total. The van der Waals surface area contributed by atoms with Gasteiger partial charge in [-0.2, -0.15) is 0 Å². The van der Waals surface area contributed by atoms with E-state index in [-0.39, 0.29) is 18.2 Å². The van der Waals surface area contributed by atoms with E-state index in [2.05, 4.69) is 10.0 Å². The van der Waals surface area contributed by atoms with E-state index in [1.54, 1.807) is 6.92 Å². The van der Waals surface area contributed by atoms with Crippen LogP contribution in [0.15, 0.2) is 0 Å². The van der Waals surface area contributed by atoms with Crippen molar-refractivity contribution in [3.8, 4) is 0 Å². The summed E-state index contributed by atoms with van der Waals surface area (Å²) >= 11 is 0. The Bertz CT molecular complexity index is 276. The third-order valence-corrected chi connectivity index (χ3v) is 3.12. The molecule has 0 aliphatic carbocycles. The molecular formula is C7H17N3O3S. The van der Waals surface area contributed by atoms with Crippen LogP contribution in [0.5, 0.6) is 0 Å². The number of carbonyl (C=O) groups excluding carboxylic acids is 1. The van der Waals surface area contributed by atoms with Crippen molar-refractivity contribution in [1.82, 2.24) is 10.0 Å². The van der Waals surface area contributed by atoms with Crippen LogP contribution in [0.4, 0.5) is 0 Å². The van der Waals surface area contributed by atoms with E-state index in [4.69, 9.17) is 5.73 Å². The van der Waals surface area contributed by atoms with Crippen LogP contribution >= 0.6 is 0 Å². The van der Waals surface area contributed by atoms with Gasteiger partial charge in [0.2, 0.25) is 15.9 Å². The van der Waals surface area contributed by atoms with Gasteiger partial charge >= 0.3 is 0 Å². The van der Waals surface area contributed by atoms with Crippen LogP contribution < -0.4 is 15.8 Å². The van der Waals surface area contributed by atoms with Crippen LogP contribution in [0.3, 0.4) is 0 Å². The van der Waals surface area contributed by atoms with Gasteiger partial charge in [-0.05, 0) is 13.5 Å². The first-order chi connectivity index (χ1) is 6.43. The molecular weight excluding hydrogens is 206 g/mol. The van der Waals surface area contributed by atoms with E-state index in [0.29, 0.717) is 6.42 Å². The van der Waals surface area contributed by atoms with Crippen molar-refractivity contribution in [3.05, 3.63) is 0 Å². The third-order valence-electron chi connectivity index (χ3n) is 1.76. The highest BCUT2D eigenvalue weighted by Crippen LogP contribution is 1.86. The summed E-state index contributed by atoms with van der Waals surface area (Å²) in [5.74, 6) is -0.454. The molecule has 0 unspecified atom stereocenters. The van der Waals surface area contributed by atoms with Gasteiger partial charge in [0.15, 0.2) is 0 Å². The van der Waals surface area contributed by atoms with E-state index in [0.717, 1.165) is 0 Å². The molecule has 0 heterocycles. The van der Waals surface area contributed by atoms with Crippen molar-refractivity contribution in [1.29, 1.82) is 0 Å². The maximum absolute atomic E-state index is 11.1. The molecule has 0 saturated carbocycles. The molecule has 0 aromatic heterocycles. The Morgan fingerprint density at radius 1 is 1.50 bits per heavy atom. The standard InChI is InChI=1S/C7H17N3O3S/c1-3-6(8)7(11)10-4-5-14(12,13)9-2/h6,9H,3-5,8H2,1-2H3,(H,10,11)/t6-/m0/s1. The smallest absolute Gasteiger partial charge is 0.236 e. The lowest BCUT2D eigenvalue weighted by molar-refractivity contribution is -0.122. The van der Waals surface area contributed by atoms with Crippen molar-refractivity contribution in [3.63, 3.8) is 0 Å². The molecule has 14 heavy (non-hydrogen) atoms. The average molecular weight is 223 g/mol. The highest BCUT2D eigenvalue weighted by Gasteiger charge is 2.12. The van der Waals surface area contributed by atoms with E-state index in [9.17, 15) is 13.2 Å². The van der Waals surface area contributed by atoms with Gasteiger partial charge in [-0.3, -0.25) is 4.79 Å². The number of nitrogens with one attached hydrogen (secondary N) is 2. The number of amides is 1. The quantitative estimate of drug-likeness (QED) is 0.504. The fourth-order valence-electron chi connectivity index (χ4n) is 0.727. The Balaban J connectivity index is 3.81. The fraction of sp³-hybridized carbons (Fsp3) is 0.857. The molecule has 0 bridgehead atoms. The van der Waals surface area contributed by atoms with Crippen LogP contribution in [-0.2, 0) is 14.8 Å². The summed E-state index contributed by atoms with van der Waals surface area (Å²) in [4.78, 5) is 11.1. The first-order valence-corrected chi connectivity index (χ1v) is 6.02. The van der Waals surface area contributed by atoms with Crippen molar-refractivity contribution in [2.45, 2.75) is 19.4 Å². The van der Waals surface area contributed by atoms with E-state index in [1.807, 2.05) is 0 Å². The van der Waals surface area contributed by atoms with Gasteiger partial charge in [-0.1, -0.05) is 6.92 Å². The molecule has 0 spiro atoms. The molecule has 0 saturated heterocycles. The van der Waals surface area contributed by atoms with Crippen molar-refractivity contribution in [2.75, 3.05) is 19.3 Å². The molecule has 0 radical (unpaired) electrons. The first kappa shape index (κ1) is 13.3. The van der Waals surface area contributed by atoms with Gasteiger partial charge in [-0.25, -0.2) is 13.1 Å². The molecule has 0 aromatic rings. The van der Waals surface area contributed by atoms with Crippen molar-refractivity contribution < 1.29 is 13.2 Å². The maximum atomic E-state index is 11.1. The summed E-state index contributed by atoms with van der Waals surface area (Å²) in [5, 5.41) is 2.44. The number of sulfonamides is 1. The van der Waals surface area contributed by atoms with Gasteiger partial charge in [-0.15, -0.1) is 0 Å². The van der Waals surface area contributed by atoms with Gasteiger partial charge in [0.25, 0.3) is 0 Å². The highest BCUT2D eigenvalue weighted by molar-refractivity contribution is 7.89. The Hall–Kier alpha value is -0.660. The lowest BCUT2D eigenvalue weighted by Crippen LogP contribution is -2.42. The summed E-state index contributed by atoms with van der Waals surface area (Å²) in [5.41, 5.74) is 5.42. The largest absolute Gasteiger partial charge is 0.354 e. The lowest BCUT2D eigenvalue weighted by Gasteiger charge is -2.09. The zero-order valence-electron chi connectivity index (χ0n) is 8.41. The molecule has 84 valence electrons. The number of hydrogen-bond donors (Lipinski definition) is 3. The topological polar surface area (TPSA) is 101 Å². The van der Waals surface area contributed by atoms with Crippen molar-refractivity contribution >= 4 is 15.9 Å². The molecule has 6 nitrogen and oxygen atoms in total. The minimum atomic E-state index is -3.25. The normalized spacial score (nSPS) is 13.6. The van der Waals surface area contributed by atoms with Crippen LogP contribution in [0.25, 0.3) is 0 Å². The Morgan fingerprint density at radius 2 is 2.07 bits per heavy atom. The summed E-state index contributed by atoms with van der Waals surface area (Å²) < 4.78 is 24.0. The monoisotopic (exact) mass is 223 g/mol. The minimum absolute atomic E-state index is 0.0791. The molecule has 7 heteroatoms. The highest BCUT2D eigenvalue weighted by atomic mass is 32.2. The zero-order chi connectivity index (χ0) is 11.2. The number of rotatable bonds is 6. The molecule has 1 amide bonds. The van der Waals surface area contributed by atoms with Gasteiger partial charge in [0.05, 0.1) is 11.8 Å². The Kier molecular flexibility index (Phi) is 5.66. The number of hydrogen-bond acceptors (Lipinski definition) is 4. The van der Waals surface area contributed by atoms with Gasteiger partial charge in [0, 0.05) is 6.54 Å². The number of nitrogens with two attached hydrogens (primary N) is 1. The summed E-state index contributed by atoms with van der Waals surface area (Å²) in [6.45, 7) is 1.87. The second-order valence-corrected chi connectivity index (χ2v) is 4.87. The Morgan fingerprint density at radius 3 is 2.50 bits per heavy atom. The van der Waals surface area contributed by atoms with E-state index >= 15 is 0 Å². The zero-order valence-corrected chi connectivity index (χ0v) is 9.23. The second kappa shape index (κ2) is 5.94. The SMILES string of the molecule is CC[C@H](N)C(=O)NCCS(=O)(=O)NC. The molecule has 0 aliphatic heterocycles. The van der Waals surface area contributed by atoms with Gasteiger partial charge in [0.1, 0.15) is 0 Å². The minimum Gasteiger partial charge on any atom is -0.354 e. The predicted octanol–water partition coefficient (Wildman–Crippen LogP) is -1.61. The Labute approximate surface area is 84.3 Å². The van der Waals surface area contributed by atoms with Gasteiger partial charge < -0.3 is 11.1 Å². The van der Waals surface area contributed by atoms with E-state index in [1.165, 1.54) is 7.05 Å². The summed E-state index contributed by atoms with van der Waals surface area (Å²) in [6.07, 6.45) is 0.532. The molecule has 0 aliphatic rings.